The van der Waals surface area contributed by atoms with Crippen molar-refractivity contribution in [2.75, 3.05) is 13.6 Å². The van der Waals surface area contributed by atoms with Crippen LogP contribution in [0.2, 0.25) is 0 Å². The van der Waals surface area contributed by atoms with Crippen LogP contribution in [-0.4, -0.2) is 34.4 Å². The van der Waals surface area contributed by atoms with E-state index in [1.165, 1.54) is 0 Å². The first-order valence-electron chi connectivity index (χ1n) is 4.73. The second-order valence-corrected chi connectivity index (χ2v) is 3.28. The van der Waals surface area contributed by atoms with Crippen molar-refractivity contribution in [2.45, 2.75) is 13.0 Å². The first-order chi connectivity index (χ1) is 7.35. The van der Waals surface area contributed by atoms with E-state index in [2.05, 4.69) is 20.3 Å². The second kappa shape index (κ2) is 4.00. The van der Waals surface area contributed by atoms with E-state index in [1.807, 2.05) is 11.1 Å². The van der Waals surface area contributed by atoms with Gasteiger partial charge in [0, 0.05) is 20.0 Å². The van der Waals surface area contributed by atoms with E-state index >= 15 is 0 Å². The number of nitriles is 1. The van der Waals surface area contributed by atoms with Crippen molar-refractivity contribution in [1.82, 2.24) is 20.2 Å². The maximum absolute atomic E-state index is 8.56. The van der Waals surface area contributed by atoms with Crippen LogP contribution < -0.4 is 5.32 Å². The zero-order chi connectivity index (χ0) is 10.7. The lowest BCUT2D eigenvalue weighted by Gasteiger charge is -2.27. The van der Waals surface area contributed by atoms with Crippen molar-refractivity contribution in [1.29, 1.82) is 5.26 Å². The summed E-state index contributed by atoms with van der Waals surface area (Å²) in [4.78, 5) is 13.4. The largest absolute Gasteiger partial charge is 0.347 e. The molecule has 1 aromatic heterocycles. The lowest BCUT2D eigenvalue weighted by molar-refractivity contribution is 0.377. The predicted octanol–water partition coefficient (Wildman–Crippen LogP) is -0.176. The molecule has 0 atom stereocenters. The number of nitrogens with one attached hydrogen (secondary N) is 2. The number of hydrogen-bond acceptors (Lipinski definition) is 3. The van der Waals surface area contributed by atoms with Crippen LogP contribution in [0.5, 0.6) is 0 Å². The Kier molecular flexibility index (Phi) is 2.54. The molecular weight excluding hydrogens is 192 g/mol. The maximum Gasteiger partial charge on any atom is 0.207 e. The third-order valence-corrected chi connectivity index (χ3v) is 2.45. The van der Waals surface area contributed by atoms with Gasteiger partial charge in [0.05, 0.1) is 24.3 Å². The summed E-state index contributed by atoms with van der Waals surface area (Å²) in [6.45, 7) is 1.55. The zero-order valence-corrected chi connectivity index (χ0v) is 8.49. The minimum absolute atomic E-state index is 0.609. The Labute approximate surface area is 87.6 Å². The van der Waals surface area contributed by atoms with Gasteiger partial charge in [0.25, 0.3) is 0 Å². The standard InChI is InChI=1S/C9H12N6/c1-11-9(12-5-10)15-3-2-7-8(4-15)14-6-13-7/h6H,2-4H2,1H3,(H,11,12)(H,13,14). The Bertz CT molecular complexity index is 412. The van der Waals surface area contributed by atoms with E-state index < -0.39 is 0 Å². The van der Waals surface area contributed by atoms with Gasteiger partial charge < -0.3 is 9.88 Å². The molecular formula is C9H12N6. The Morgan fingerprint density at radius 2 is 2.67 bits per heavy atom. The van der Waals surface area contributed by atoms with Gasteiger partial charge in [-0.15, -0.1) is 0 Å². The van der Waals surface area contributed by atoms with E-state index in [9.17, 15) is 0 Å². The normalized spacial score (nSPS) is 15.7. The van der Waals surface area contributed by atoms with Crippen LogP contribution in [0.15, 0.2) is 11.3 Å². The summed E-state index contributed by atoms with van der Waals surface area (Å²) >= 11 is 0. The highest BCUT2D eigenvalue weighted by Gasteiger charge is 2.20. The summed E-state index contributed by atoms with van der Waals surface area (Å²) in [5, 5.41) is 11.1. The molecule has 0 spiro atoms. The number of aromatic nitrogens is 2. The molecule has 0 aliphatic carbocycles. The summed E-state index contributed by atoms with van der Waals surface area (Å²) in [5.41, 5.74) is 2.21. The minimum atomic E-state index is 0.609. The third-order valence-electron chi connectivity index (χ3n) is 2.45. The molecule has 0 saturated heterocycles. The molecule has 2 rings (SSSR count). The van der Waals surface area contributed by atoms with Gasteiger partial charge in [-0.3, -0.25) is 10.3 Å². The van der Waals surface area contributed by atoms with Crippen molar-refractivity contribution in [3.05, 3.63) is 17.7 Å². The first kappa shape index (κ1) is 9.52. The lowest BCUT2D eigenvalue weighted by atomic mass is 10.1. The van der Waals surface area contributed by atoms with E-state index in [-0.39, 0.29) is 0 Å². The van der Waals surface area contributed by atoms with E-state index in [0.717, 1.165) is 30.9 Å². The van der Waals surface area contributed by atoms with E-state index in [1.54, 1.807) is 13.4 Å². The molecule has 1 aliphatic heterocycles. The molecule has 78 valence electrons. The van der Waals surface area contributed by atoms with Gasteiger partial charge >= 0.3 is 0 Å². The van der Waals surface area contributed by atoms with E-state index in [4.69, 9.17) is 5.26 Å². The molecule has 0 amide bonds. The molecule has 0 radical (unpaired) electrons. The number of H-pyrrole nitrogens is 1. The number of hydrogen-bond donors (Lipinski definition) is 2. The summed E-state index contributed by atoms with van der Waals surface area (Å²) in [6, 6.07) is 0. The molecule has 0 bridgehead atoms. The monoisotopic (exact) mass is 204 g/mol. The van der Waals surface area contributed by atoms with Crippen LogP contribution in [-0.2, 0) is 13.0 Å². The summed E-state index contributed by atoms with van der Waals surface area (Å²) in [5.74, 6) is 0.609. The van der Waals surface area contributed by atoms with Gasteiger partial charge in [-0.1, -0.05) is 0 Å². The number of imidazole rings is 1. The number of fused-ring (bicyclic) bond motifs is 1. The zero-order valence-electron chi connectivity index (χ0n) is 8.49. The maximum atomic E-state index is 8.56. The van der Waals surface area contributed by atoms with Crippen LogP contribution in [0.4, 0.5) is 0 Å². The Hall–Kier alpha value is -2.03. The van der Waals surface area contributed by atoms with Crippen LogP contribution in [0.1, 0.15) is 11.4 Å². The average molecular weight is 204 g/mol. The molecule has 1 aliphatic rings. The highest BCUT2D eigenvalue weighted by molar-refractivity contribution is 5.81. The molecule has 0 unspecified atom stereocenters. The number of aromatic amines is 1. The lowest BCUT2D eigenvalue weighted by Crippen LogP contribution is -2.42. The van der Waals surface area contributed by atoms with Gasteiger partial charge in [-0.25, -0.2) is 4.98 Å². The number of aliphatic imine (C=N–C) groups is 1. The van der Waals surface area contributed by atoms with Crippen molar-refractivity contribution >= 4 is 5.96 Å². The molecule has 6 nitrogen and oxygen atoms in total. The molecule has 1 aromatic rings. The molecule has 2 heterocycles. The van der Waals surface area contributed by atoms with Crippen molar-refractivity contribution < 1.29 is 0 Å². The van der Waals surface area contributed by atoms with Crippen molar-refractivity contribution in [3.8, 4) is 6.19 Å². The Morgan fingerprint density at radius 3 is 3.40 bits per heavy atom. The minimum Gasteiger partial charge on any atom is -0.347 e. The van der Waals surface area contributed by atoms with Crippen LogP contribution in [0.25, 0.3) is 0 Å². The third kappa shape index (κ3) is 1.76. The number of guanidine groups is 1. The van der Waals surface area contributed by atoms with Crippen LogP contribution >= 0.6 is 0 Å². The predicted molar refractivity (Wildman–Crippen MR) is 54.8 cm³/mol. The van der Waals surface area contributed by atoms with Crippen molar-refractivity contribution in [2.24, 2.45) is 4.99 Å². The van der Waals surface area contributed by atoms with Gasteiger partial charge in [-0.2, -0.15) is 5.26 Å². The SMILES string of the molecule is CN=C(NC#N)N1CCc2nc[nH]c2C1. The second-order valence-electron chi connectivity index (χ2n) is 3.28. The summed E-state index contributed by atoms with van der Waals surface area (Å²) in [7, 11) is 1.67. The van der Waals surface area contributed by atoms with Gasteiger partial charge in [0.1, 0.15) is 0 Å². The molecule has 15 heavy (non-hydrogen) atoms. The van der Waals surface area contributed by atoms with Gasteiger partial charge in [-0.05, 0) is 0 Å². The number of rotatable bonds is 0. The molecule has 6 heteroatoms. The van der Waals surface area contributed by atoms with Gasteiger partial charge in [0.15, 0.2) is 6.19 Å². The molecule has 0 fully saturated rings. The Morgan fingerprint density at radius 1 is 1.80 bits per heavy atom. The Balaban J connectivity index is 2.13. The van der Waals surface area contributed by atoms with Crippen LogP contribution in [0.3, 0.4) is 0 Å². The fourth-order valence-corrected chi connectivity index (χ4v) is 1.72. The molecule has 0 aromatic carbocycles. The number of nitrogens with zero attached hydrogens (tertiary/aromatic N) is 4. The highest BCUT2D eigenvalue weighted by atomic mass is 15.3. The fourth-order valence-electron chi connectivity index (χ4n) is 1.72. The van der Waals surface area contributed by atoms with Crippen molar-refractivity contribution in [3.63, 3.8) is 0 Å². The molecule has 2 N–H and O–H groups in total. The topological polar surface area (TPSA) is 80.1 Å². The summed E-state index contributed by atoms with van der Waals surface area (Å²) in [6.07, 6.45) is 4.47. The first-order valence-corrected chi connectivity index (χ1v) is 4.73. The highest BCUT2D eigenvalue weighted by Crippen LogP contribution is 2.14. The summed E-state index contributed by atoms with van der Waals surface area (Å²) < 4.78 is 0. The quantitative estimate of drug-likeness (QED) is 0.266. The molecule has 0 saturated carbocycles. The van der Waals surface area contributed by atoms with E-state index in [0.29, 0.717) is 5.96 Å². The smallest absolute Gasteiger partial charge is 0.207 e. The van der Waals surface area contributed by atoms with Crippen LogP contribution in [0, 0.1) is 11.5 Å². The average Bonchev–Trinajstić information content (AvgIpc) is 2.72. The van der Waals surface area contributed by atoms with Gasteiger partial charge in [0.2, 0.25) is 5.96 Å². The fraction of sp³-hybridized carbons (Fsp3) is 0.444.